The summed E-state index contributed by atoms with van der Waals surface area (Å²) in [5.74, 6) is 0.680. The molecule has 1 saturated heterocycles. The third-order valence-electron chi connectivity index (χ3n) is 4.37. The fourth-order valence-corrected chi connectivity index (χ4v) is 3.21. The van der Waals surface area contributed by atoms with Gasteiger partial charge in [0, 0.05) is 18.3 Å². The first kappa shape index (κ1) is 14.6. The highest BCUT2D eigenvalue weighted by Crippen LogP contribution is 2.33. The monoisotopic (exact) mass is 319 g/mol. The molecule has 24 heavy (non-hydrogen) atoms. The summed E-state index contributed by atoms with van der Waals surface area (Å²) >= 11 is 0. The third kappa shape index (κ3) is 2.67. The van der Waals surface area contributed by atoms with Gasteiger partial charge in [0.05, 0.1) is 6.04 Å². The maximum Gasteiger partial charge on any atom is 0.254 e. The zero-order valence-electron chi connectivity index (χ0n) is 13.1. The summed E-state index contributed by atoms with van der Waals surface area (Å²) in [5.41, 5.74) is 1.83. The van der Waals surface area contributed by atoms with Crippen LogP contribution in [0.4, 0.5) is 0 Å². The fourth-order valence-electron chi connectivity index (χ4n) is 3.21. The van der Waals surface area contributed by atoms with Gasteiger partial charge < -0.3 is 4.90 Å². The zero-order chi connectivity index (χ0) is 16.4. The van der Waals surface area contributed by atoms with Crippen LogP contribution in [-0.4, -0.2) is 37.1 Å². The molecule has 1 aromatic carbocycles. The average molecular weight is 319 g/mol. The molecule has 0 unspecified atom stereocenters. The molecule has 3 aromatic rings. The number of pyridine rings is 1. The van der Waals surface area contributed by atoms with Crippen molar-refractivity contribution in [3.05, 3.63) is 72.4 Å². The van der Waals surface area contributed by atoms with Gasteiger partial charge >= 0.3 is 0 Å². The predicted octanol–water partition coefficient (Wildman–Crippen LogP) is 2.64. The van der Waals surface area contributed by atoms with E-state index in [1.54, 1.807) is 35.6 Å². The molecule has 1 amide bonds. The van der Waals surface area contributed by atoms with Crippen molar-refractivity contribution in [1.29, 1.82) is 0 Å². The number of aromatic nitrogens is 4. The van der Waals surface area contributed by atoms with Crippen LogP contribution in [0.15, 0.2) is 61.3 Å². The first-order valence-electron chi connectivity index (χ1n) is 8.00. The first-order chi connectivity index (χ1) is 11.8. The van der Waals surface area contributed by atoms with Crippen molar-refractivity contribution in [3.63, 3.8) is 0 Å². The van der Waals surface area contributed by atoms with E-state index in [4.69, 9.17) is 0 Å². The number of rotatable bonds is 3. The van der Waals surface area contributed by atoms with Crippen LogP contribution in [0.3, 0.4) is 0 Å². The topological polar surface area (TPSA) is 63.9 Å². The minimum atomic E-state index is 0.0399. The summed E-state index contributed by atoms with van der Waals surface area (Å²) in [4.78, 5) is 19.2. The molecule has 1 fully saturated rings. The smallest absolute Gasteiger partial charge is 0.254 e. The van der Waals surface area contributed by atoms with Crippen molar-refractivity contribution < 1.29 is 4.79 Å². The number of hydrogen-bond acceptors (Lipinski definition) is 4. The van der Waals surface area contributed by atoms with Gasteiger partial charge in [-0.3, -0.25) is 9.36 Å². The van der Waals surface area contributed by atoms with E-state index in [1.807, 2.05) is 23.1 Å². The van der Waals surface area contributed by atoms with Crippen molar-refractivity contribution in [2.75, 3.05) is 6.54 Å². The molecule has 4 rings (SSSR count). The maximum absolute atomic E-state index is 13.0. The normalized spacial score (nSPS) is 17.2. The molecule has 1 aliphatic rings. The second-order valence-electron chi connectivity index (χ2n) is 5.84. The molecular weight excluding hydrogens is 302 g/mol. The lowest BCUT2D eigenvalue weighted by Gasteiger charge is -2.25. The van der Waals surface area contributed by atoms with E-state index in [0.717, 1.165) is 19.4 Å². The standard InChI is InChI=1S/C18H17N5O/c24-18(15-8-9-19-17(11-15)22-12-20-21-13-22)23-10-4-7-16(23)14-5-2-1-3-6-14/h1-3,5-6,8-9,11-13,16H,4,7,10H2/t16-/m1/s1. The Morgan fingerprint density at radius 1 is 1.08 bits per heavy atom. The van der Waals surface area contributed by atoms with Crippen LogP contribution in [0.1, 0.15) is 34.8 Å². The molecule has 0 saturated carbocycles. The van der Waals surface area contributed by atoms with E-state index >= 15 is 0 Å². The highest BCUT2D eigenvalue weighted by molar-refractivity contribution is 5.95. The molecule has 6 heteroatoms. The van der Waals surface area contributed by atoms with Crippen molar-refractivity contribution in [2.24, 2.45) is 0 Å². The molecule has 0 N–H and O–H groups in total. The number of carbonyl (C=O) groups excluding carboxylic acids is 1. The average Bonchev–Trinajstić information content (AvgIpc) is 3.34. The Labute approximate surface area is 139 Å². The van der Waals surface area contributed by atoms with Gasteiger partial charge in [-0.05, 0) is 30.5 Å². The van der Waals surface area contributed by atoms with Crippen LogP contribution in [0, 0.1) is 0 Å². The van der Waals surface area contributed by atoms with Gasteiger partial charge in [-0.1, -0.05) is 30.3 Å². The minimum Gasteiger partial charge on any atom is -0.332 e. The highest BCUT2D eigenvalue weighted by atomic mass is 16.2. The van der Waals surface area contributed by atoms with Crippen LogP contribution in [0.2, 0.25) is 0 Å². The fraction of sp³-hybridized carbons (Fsp3) is 0.222. The molecule has 0 radical (unpaired) electrons. The van der Waals surface area contributed by atoms with Crippen LogP contribution in [0.5, 0.6) is 0 Å². The van der Waals surface area contributed by atoms with Crippen molar-refractivity contribution in [2.45, 2.75) is 18.9 Å². The van der Waals surface area contributed by atoms with E-state index in [1.165, 1.54) is 5.56 Å². The van der Waals surface area contributed by atoms with E-state index in [-0.39, 0.29) is 11.9 Å². The second kappa shape index (κ2) is 6.23. The molecule has 120 valence electrons. The Balaban J connectivity index is 1.62. The van der Waals surface area contributed by atoms with Gasteiger partial charge in [0.1, 0.15) is 18.5 Å². The SMILES string of the molecule is O=C(c1ccnc(-n2cnnc2)c1)N1CCC[C@@H]1c1ccccc1. The molecule has 1 aliphatic heterocycles. The van der Waals surface area contributed by atoms with Gasteiger partial charge in [0.15, 0.2) is 0 Å². The highest BCUT2D eigenvalue weighted by Gasteiger charge is 2.30. The van der Waals surface area contributed by atoms with Crippen molar-refractivity contribution >= 4 is 5.91 Å². The molecule has 0 bridgehead atoms. The Hall–Kier alpha value is -3.02. The lowest BCUT2D eigenvalue weighted by Crippen LogP contribution is -2.30. The zero-order valence-corrected chi connectivity index (χ0v) is 13.1. The summed E-state index contributed by atoms with van der Waals surface area (Å²) in [6.07, 6.45) is 6.81. The maximum atomic E-state index is 13.0. The van der Waals surface area contributed by atoms with Crippen LogP contribution in [-0.2, 0) is 0 Å². The summed E-state index contributed by atoms with van der Waals surface area (Å²) < 4.78 is 1.69. The van der Waals surface area contributed by atoms with Crippen LogP contribution < -0.4 is 0 Å². The van der Waals surface area contributed by atoms with Gasteiger partial charge in [-0.2, -0.15) is 0 Å². The Morgan fingerprint density at radius 2 is 1.88 bits per heavy atom. The summed E-state index contributed by atoms with van der Waals surface area (Å²) in [6, 6.07) is 13.9. The molecule has 3 heterocycles. The first-order valence-corrected chi connectivity index (χ1v) is 8.00. The number of benzene rings is 1. The van der Waals surface area contributed by atoms with Gasteiger partial charge in [0.2, 0.25) is 0 Å². The molecule has 1 atom stereocenters. The predicted molar refractivity (Wildman–Crippen MR) is 88.6 cm³/mol. The quantitative estimate of drug-likeness (QED) is 0.744. The lowest BCUT2D eigenvalue weighted by molar-refractivity contribution is 0.0735. The number of amides is 1. The Morgan fingerprint density at radius 3 is 2.67 bits per heavy atom. The van der Waals surface area contributed by atoms with Crippen LogP contribution >= 0.6 is 0 Å². The number of likely N-dealkylation sites (tertiary alicyclic amines) is 1. The van der Waals surface area contributed by atoms with Crippen molar-refractivity contribution in [1.82, 2.24) is 24.6 Å². The molecule has 6 nitrogen and oxygen atoms in total. The third-order valence-corrected chi connectivity index (χ3v) is 4.37. The Bertz CT molecular complexity index is 832. The summed E-state index contributed by atoms with van der Waals surface area (Å²) in [6.45, 7) is 0.780. The van der Waals surface area contributed by atoms with Crippen molar-refractivity contribution in [3.8, 4) is 5.82 Å². The molecule has 2 aromatic heterocycles. The lowest BCUT2D eigenvalue weighted by atomic mass is 10.0. The second-order valence-corrected chi connectivity index (χ2v) is 5.84. The van der Waals surface area contributed by atoms with E-state index in [2.05, 4.69) is 27.3 Å². The van der Waals surface area contributed by atoms with E-state index in [9.17, 15) is 4.79 Å². The largest absolute Gasteiger partial charge is 0.332 e. The summed E-state index contributed by atoms with van der Waals surface area (Å²) in [5, 5.41) is 7.56. The Kier molecular flexibility index (Phi) is 3.78. The van der Waals surface area contributed by atoms with Crippen LogP contribution in [0.25, 0.3) is 5.82 Å². The molecule has 0 aliphatic carbocycles. The number of hydrogen-bond donors (Lipinski definition) is 0. The van der Waals surface area contributed by atoms with Gasteiger partial charge in [-0.25, -0.2) is 4.98 Å². The number of nitrogens with zero attached hydrogens (tertiary/aromatic N) is 5. The van der Waals surface area contributed by atoms with E-state index in [0.29, 0.717) is 11.4 Å². The van der Waals surface area contributed by atoms with E-state index < -0.39 is 0 Å². The summed E-state index contributed by atoms with van der Waals surface area (Å²) in [7, 11) is 0. The van der Waals surface area contributed by atoms with Gasteiger partial charge in [0.25, 0.3) is 5.91 Å². The molecule has 0 spiro atoms. The number of carbonyl (C=O) groups is 1. The molecular formula is C18H17N5O. The minimum absolute atomic E-state index is 0.0399. The van der Waals surface area contributed by atoms with Gasteiger partial charge in [-0.15, -0.1) is 10.2 Å².